The first kappa shape index (κ1) is 15.2. The van der Waals surface area contributed by atoms with Gasteiger partial charge in [-0.3, -0.25) is 0 Å². The predicted octanol–water partition coefficient (Wildman–Crippen LogP) is 3.39. The highest BCUT2D eigenvalue weighted by atomic mass is 35.5. The van der Waals surface area contributed by atoms with Crippen LogP contribution in [0.5, 0.6) is 11.5 Å². The summed E-state index contributed by atoms with van der Waals surface area (Å²) in [6, 6.07) is 10.1. The number of sulfone groups is 1. The zero-order chi connectivity index (χ0) is 15.7. The summed E-state index contributed by atoms with van der Waals surface area (Å²) in [6.07, 6.45) is 0. The summed E-state index contributed by atoms with van der Waals surface area (Å²) < 4.78 is 35.9. The van der Waals surface area contributed by atoms with Crippen molar-refractivity contribution in [2.45, 2.75) is 17.6 Å². The monoisotopic (exact) mass is 338 g/mol. The molecule has 0 atom stereocenters. The van der Waals surface area contributed by atoms with Gasteiger partial charge < -0.3 is 9.47 Å². The zero-order valence-corrected chi connectivity index (χ0v) is 13.6. The lowest BCUT2D eigenvalue weighted by Crippen LogP contribution is -2.16. The van der Waals surface area contributed by atoms with Crippen LogP contribution < -0.4 is 9.47 Å². The Hall–Kier alpha value is -1.72. The largest absolute Gasteiger partial charge is 0.486 e. The van der Waals surface area contributed by atoms with E-state index in [9.17, 15) is 8.42 Å². The second kappa shape index (κ2) is 5.82. The Morgan fingerprint density at radius 3 is 2.50 bits per heavy atom. The number of ether oxygens (including phenoxy) is 2. The van der Waals surface area contributed by atoms with E-state index >= 15 is 0 Å². The molecule has 2 aromatic carbocycles. The molecule has 4 nitrogen and oxygen atoms in total. The lowest BCUT2D eigenvalue weighted by atomic mass is 10.2. The minimum absolute atomic E-state index is 0.133. The number of hydrogen-bond acceptors (Lipinski definition) is 4. The van der Waals surface area contributed by atoms with Gasteiger partial charge in [-0.05, 0) is 36.8 Å². The molecule has 0 aliphatic carbocycles. The Bertz CT molecular complexity index is 798. The fourth-order valence-electron chi connectivity index (χ4n) is 2.30. The second-order valence-corrected chi connectivity index (χ2v) is 7.57. The fourth-order valence-corrected chi connectivity index (χ4v) is 3.91. The molecule has 0 saturated carbocycles. The van der Waals surface area contributed by atoms with Gasteiger partial charge in [-0.15, -0.1) is 0 Å². The Morgan fingerprint density at radius 1 is 1.09 bits per heavy atom. The summed E-state index contributed by atoms with van der Waals surface area (Å²) in [4.78, 5) is 0.295. The lowest BCUT2D eigenvalue weighted by molar-refractivity contribution is 0.171. The molecule has 0 spiro atoms. The third-order valence-corrected chi connectivity index (χ3v) is 5.38. The van der Waals surface area contributed by atoms with Crippen molar-refractivity contribution in [1.82, 2.24) is 0 Å². The molecule has 2 aromatic rings. The number of halogens is 1. The van der Waals surface area contributed by atoms with Gasteiger partial charge in [0.1, 0.15) is 13.2 Å². The van der Waals surface area contributed by atoms with Crippen LogP contribution in [0.1, 0.15) is 11.1 Å². The molecular formula is C16H15ClO4S. The van der Waals surface area contributed by atoms with E-state index in [1.54, 1.807) is 36.4 Å². The van der Waals surface area contributed by atoms with Gasteiger partial charge in [0.2, 0.25) is 0 Å². The van der Waals surface area contributed by atoms with Gasteiger partial charge in [0.15, 0.2) is 21.3 Å². The first-order chi connectivity index (χ1) is 10.5. The molecular weight excluding hydrogens is 324 g/mol. The molecule has 3 rings (SSSR count). The van der Waals surface area contributed by atoms with Crippen LogP contribution in [0, 0.1) is 6.92 Å². The Morgan fingerprint density at radius 2 is 1.77 bits per heavy atom. The van der Waals surface area contributed by atoms with Crippen molar-refractivity contribution in [3.8, 4) is 11.5 Å². The highest BCUT2D eigenvalue weighted by Crippen LogP contribution is 2.39. The highest BCUT2D eigenvalue weighted by molar-refractivity contribution is 7.90. The summed E-state index contributed by atoms with van der Waals surface area (Å²) in [7, 11) is -3.43. The van der Waals surface area contributed by atoms with Gasteiger partial charge in [-0.1, -0.05) is 29.3 Å². The minimum Gasteiger partial charge on any atom is -0.486 e. The molecule has 0 saturated heterocycles. The van der Waals surface area contributed by atoms with E-state index in [1.165, 1.54) is 0 Å². The fraction of sp³-hybridized carbons (Fsp3) is 0.250. The second-order valence-electron chi connectivity index (χ2n) is 5.17. The first-order valence-electron chi connectivity index (χ1n) is 6.83. The number of aryl methyl sites for hydroxylation is 1. The van der Waals surface area contributed by atoms with Crippen LogP contribution in [0.4, 0.5) is 0 Å². The number of benzene rings is 2. The zero-order valence-electron chi connectivity index (χ0n) is 12.0. The number of fused-ring (bicyclic) bond motifs is 1. The van der Waals surface area contributed by atoms with Gasteiger partial charge in [0.05, 0.1) is 15.7 Å². The van der Waals surface area contributed by atoms with Gasteiger partial charge in [-0.2, -0.15) is 0 Å². The molecule has 116 valence electrons. The van der Waals surface area contributed by atoms with Crippen LogP contribution in [-0.4, -0.2) is 21.6 Å². The molecule has 0 fully saturated rings. The number of rotatable bonds is 3. The summed E-state index contributed by atoms with van der Waals surface area (Å²) in [5.74, 6) is 0.837. The van der Waals surface area contributed by atoms with Gasteiger partial charge in [-0.25, -0.2) is 8.42 Å². The van der Waals surface area contributed by atoms with Crippen LogP contribution in [-0.2, 0) is 15.6 Å². The third kappa shape index (κ3) is 3.05. The Kier molecular flexibility index (Phi) is 4.02. The lowest BCUT2D eigenvalue weighted by Gasteiger charge is -2.20. The highest BCUT2D eigenvalue weighted by Gasteiger charge is 2.20. The molecule has 0 unspecified atom stereocenters. The van der Waals surface area contributed by atoms with Crippen molar-refractivity contribution < 1.29 is 17.9 Å². The van der Waals surface area contributed by atoms with E-state index in [2.05, 4.69) is 0 Å². The summed E-state index contributed by atoms with van der Waals surface area (Å²) in [5, 5.41) is 0.367. The SMILES string of the molecule is Cc1ccc(S(=O)(=O)Cc2cc(Cl)c3c(c2)OCCO3)cc1. The Labute approximate surface area is 134 Å². The summed E-state index contributed by atoms with van der Waals surface area (Å²) in [5.41, 5.74) is 1.59. The normalized spacial score (nSPS) is 13.9. The van der Waals surface area contributed by atoms with E-state index in [4.69, 9.17) is 21.1 Å². The Balaban J connectivity index is 1.92. The molecule has 0 radical (unpaired) electrons. The third-order valence-electron chi connectivity index (χ3n) is 3.39. The standard InChI is InChI=1S/C16H15ClO4S/c1-11-2-4-13(5-3-11)22(18,19)10-12-8-14(17)16-15(9-12)20-6-7-21-16/h2-5,8-9H,6-7,10H2,1H3. The van der Waals surface area contributed by atoms with Crippen molar-refractivity contribution in [3.63, 3.8) is 0 Å². The molecule has 1 aliphatic heterocycles. The number of hydrogen-bond donors (Lipinski definition) is 0. The maximum absolute atomic E-state index is 12.5. The topological polar surface area (TPSA) is 52.6 Å². The van der Waals surface area contributed by atoms with Crippen molar-refractivity contribution in [2.75, 3.05) is 13.2 Å². The van der Waals surface area contributed by atoms with Crippen molar-refractivity contribution in [3.05, 3.63) is 52.5 Å². The molecule has 0 amide bonds. The summed E-state index contributed by atoms with van der Waals surface area (Å²) >= 11 is 6.14. The average Bonchev–Trinajstić information content (AvgIpc) is 2.47. The average molecular weight is 339 g/mol. The van der Waals surface area contributed by atoms with Crippen LogP contribution in [0.2, 0.25) is 5.02 Å². The van der Waals surface area contributed by atoms with Gasteiger partial charge in [0, 0.05) is 0 Å². The van der Waals surface area contributed by atoms with Crippen molar-refractivity contribution in [1.29, 1.82) is 0 Å². The smallest absolute Gasteiger partial charge is 0.182 e. The van der Waals surface area contributed by atoms with E-state index in [0.717, 1.165) is 5.56 Å². The van der Waals surface area contributed by atoms with Crippen LogP contribution in [0.3, 0.4) is 0 Å². The molecule has 0 bridgehead atoms. The first-order valence-corrected chi connectivity index (χ1v) is 8.86. The van der Waals surface area contributed by atoms with Crippen LogP contribution in [0.15, 0.2) is 41.3 Å². The molecule has 1 heterocycles. The molecule has 22 heavy (non-hydrogen) atoms. The van der Waals surface area contributed by atoms with E-state index in [-0.39, 0.29) is 5.75 Å². The molecule has 1 aliphatic rings. The minimum atomic E-state index is -3.43. The van der Waals surface area contributed by atoms with Gasteiger partial charge in [0.25, 0.3) is 0 Å². The molecule has 0 N–H and O–H groups in total. The van der Waals surface area contributed by atoms with Crippen molar-refractivity contribution in [2.24, 2.45) is 0 Å². The quantitative estimate of drug-likeness (QED) is 0.860. The van der Waals surface area contributed by atoms with Crippen molar-refractivity contribution >= 4 is 21.4 Å². The molecule has 6 heteroatoms. The van der Waals surface area contributed by atoms with Crippen LogP contribution >= 0.6 is 11.6 Å². The van der Waals surface area contributed by atoms with Gasteiger partial charge >= 0.3 is 0 Å². The van der Waals surface area contributed by atoms with E-state index < -0.39 is 9.84 Å². The van der Waals surface area contributed by atoms with E-state index in [1.807, 2.05) is 6.92 Å². The maximum Gasteiger partial charge on any atom is 0.182 e. The maximum atomic E-state index is 12.5. The summed E-state index contributed by atoms with van der Waals surface area (Å²) in [6.45, 7) is 2.78. The predicted molar refractivity (Wildman–Crippen MR) is 84.5 cm³/mol. The molecule has 0 aromatic heterocycles. The van der Waals surface area contributed by atoms with E-state index in [0.29, 0.717) is 40.2 Å². The van der Waals surface area contributed by atoms with Crippen LogP contribution in [0.25, 0.3) is 0 Å².